The van der Waals surface area contributed by atoms with Crippen LogP contribution in [0.3, 0.4) is 0 Å². The van der Waals surface area contributed by atoms with Gasteiger partial charge in [-0.1, -0.05) is 6.42 Å². The van der Waals surface area contributed by atoms with E-state index in [0.717, 1.165) is 56.6 Å². The molecule has 116 valence electrons. The number of hydrogen-bond acceptors (Lipinski definition) is 4. The number of H-pyrrole nitrogens is 1. The van der Waals surface area contributed by atoms with Gasteiger partial charge in [0.15, 0.2) is 0 Å². The number of carbonyl (C=O) groups excluding carboxylic acids is 1. The highest BCUT2D eigenvalue weighted by molar-refractivity contribution is 5.91. The molecule has 22 heavy (non-hydrogen) atoms. The summed E-state index contributed by atoms with van der Waals surface area (Å²) in [6.45, 7) is 0.848. The number of aryl methyl sites for hydroxylation is 2. The topological polar surface area (TPSA) is 88.5 Å². The van der Waals surface area contributed by atoms with Crippen LogP contribution in [0.4, 0.5) is 0 Å². The standard InChI is InChI=1S/C15H20N6O/c22-15(14-20-19-13-4-2-1-3-7-21(13)14)17-11-6-5-10-9-16-18-12(10)8-11/h9,11H,1-8H2,(H,16,18)(H,17,22)/t11-/m1/s1. The van der Waals surface area contributed by atoms with Gasteiger partial charge >= 0.3 is 0 Å². The maximum atomic E-state index is 12.5. The number of aromatic nitrogens is 5. The Bertz CT molecular complexity index is 688. The van der Waals surface area contributed by atoms with E-state index < -0.39 is 0 Å². The molecule has 2 aliphatic rings. The van der Waals surface area contributed by atoms with Crippen LogP contribution in [0.1, 0.15) is 53.4 Å². The van der Waals surface area contributed by atoms with Gasteiger partial charge < -0.3 is 9.88 Å². The Balaban J connectivity index is 1.48. The minimum Gasteiger partial charge on any atom is -0.346 e. The lowest BCUT2D eigenvalue weighted by Crippen LogP contribution is -2.40. The summed E-state index contributed by atoms with van der Waals surface area (Å²) >= 11 is 0. The average Bonchev–Trinajstić information content (AvgIpc) is 3.08. The number of fused-ring (bicyclic) bond motifs is 2. The van der Waals surface area contributed by atoms with Crippen molar-refractivity contribution in [1.29, 1.82) is 0 Å². The van der Waals surface area contributed by atoms with Crippen LogP contribution in [0.2, 0.25) is 0 Å². The van der Waals surface area contributed by atoms with Gasteiger partial charge in [0.1, 0.15) is 5.82 Å². The van der Waals surface area contributed by atoms with Gasteiger partial charge in [-0.3, -0.25) is 9.89 Å². The summed E-state index contributed by atoms with van der Waals surface area (Å²) in [5, 5.41) is 18.5. The first kappa shape index (κ1) is 13.5. The predicted molar refractivity (Wildman–Crippen MR) is 79.4 cm³/mol. The number of aromatic amines is 1. The van der Waals surface area contributed by atoms with Gasteiger partial charge in [0.2, 0.25) is 5.82 Å². The molecule has 0 unspecified atom stereocenters. The largest absolute Gasteiger partial charge is 0.346 e. The van der Waals surface area contributed by atoms with E-state index in [1.807, 2.05) is 10.8 Å². The smallest absolute Gasteiger partial charge is 0.289 e. The number of amides is 1. The molecule has 4 rings (SSSR count). The average molecular weight is 300 g/mol. The van der Waals surface area contributed by atoms with Crippen molar-refractivity contribution in [3.8, 4) is 0 Å². The third-order valence-electron chi connectivity index (χ3n) is 4.67. The molecule has 0 spiro atoms. The van der Waals surface area contributed by atoms with Crippen molar-refractivity contribution in [2.45, 2.75) is 57.5 Å². The first-order valence-electron chi connectivity index (χ1n) is 8.05. The molecule has 7 heteroatoms. The minimum absolute atomic E-state index is 0.103. The fourth-order valence-electron chi connectivity index (χ4n) is 3.43. The molecule has 1 amide bonds. The van der Waals surface area contributed by atoms with Crippen molar-refractivity contribution in [3.63, 3.8) is 0 Å². The quantitative estimate of drug-likeness (QED) is 0.866. The van der Waals surface area contributed by atoms with Crippen LogP contribution < -0.4 is 5.32 Å². The molecule has 2 aromatic heterocycles. The molecule has 0 bridgehead atoms. The number of nitrogens with one attached hydrogen (secondary N) is 2. The Kier molecular flexibility index (Phi) is 3.40. The molecule has 2 N–H and O–H groups in total. The summed E-state index contributed by atoms with van der Waals surface area (Å²) in [4.78, 5) is 12.5. The van der Waals surface area contributed by atoms with E-state index in [2.05, 4.69) is 25.7 Å². The highest BCUT2D eigenvalue weighted by atomic mass is 16.2. The summed E-state index contributed by atoms with van der Waals surface area (Å²) in [5.41, 5.74) is 2.40. The zero-order valence-corrected chi connectivity index (χ0v) is 12.5. The maximum Gasteiger partial charge on any atom is 0.289 e. The zero-order chi connectivity index (χ0) is 14.9. The normalized spacial score (nSPS) is 20.8. The van der Waals surface area contributed by atoms with E-state index in [-0.39, 0.29) is 11.9 Å². The van der Waals surface area contributed by atoms with Gasteiger partial charge in [-0.2, -0.15) is 5.10 Å². The third kappa shape index (κ3) is 2.40. The van der Waals surface area contributed by atoms with Gasteiger partial charge in [0, 0.05) is 31.1 Å². The van der Waals surface area contributed by atoms with Crippen molar-refractivity contribution < 1.29 is 4.79 Å². The van der Waals surface area contributed by atoms with Crippen LogP contribution in [0.5, 0.6) is 0 Å². The van der Waals surface area contributed by atoms with E-state index in [1.165, 1.54) is 12.0 Å². The molecule has 1 atom stereocenters. The van der Waals surface area contributed by atoms with Gasteiger partial charge in [-0.15, -0.1) is 10.2 Å². The fourth-order valence-corrected chi connectivity index (χ4v) is 3.43. The summed E-state index contributed by atoms with van der Waals surface area (Å²) in [6.07, 6.45) is 8.91. The van der Waals surface area contributed by atoms with Crippen LogP contribution in [0.15, 0.2) is 6.20 Å². The molecular formula is C15H20N6O. The fraction of sp³-hybridized carbons (Fsp3) is 0.600. The summed E-state index contributed by atoms with van der Waals surface area (Å²) in [5.74, 6) is 1.31. The van der Waals surface area contributed by atoms with Crippen LogP contribution >= 0.6 is 0 Å². The second kappa shape index (κ2) is 5.55. The molecule has 1 aliphatic carbocycles. The molecule has 7 nitrogen and oxygen atoms in total. The lowest BCUT2D eigenvalue weighted by atomic mass is 9.94. The lowest BCUT2D eigenvalue weighted by molar-refractivity contribution is 0.0917. The zero-order valence-electron chi connectivity index (χ0n) is 12.5. The molecule has 0 radical (unpaired) electrons. The summed E-state index contributed by atoms with van der Waals surface area (Å²) < 4.78 is 1.99. The van der Waals surface area contributed by atoms with Crippen LogP contribution in [0, 0.1) is 0 Å². The van der Waals surface area contributed by atoms with Crippen molar-refractivity contribution >= 4 is 5.91 Å². The molecule has 0 saturated carbocycles. The van der Waals surface area contributed by atoms with Gasteiger partial charge in [0.05, 0.1) is 6.20 Å². The van der Waals surface area contributed by atoms with Crippen molar-refractivity contribution in [3.05, 3.63) is 29.1 Å². The molecule has 3 heterocycles. The highest BCUT2D eigenvalue weighted by Crippen LogP contribution is 2.19. The van der Waals surface area contributed by atoms with E-state index >= 15 is 0 Å². The second-order valence-corrected chi connectivity index (χ2v) is 6.19. The Morgan fingerprint density at radius 2 is 2.23 bits per heavy atom. The first-order chi connectivity index (χ1) is 10.8. The molecule has 2 aromatic rings. The lowest BCUT2D eigenvalue weighted by Gasteiger charge is -2.22. The highest BCUT2D eigenvalue weighted by Gasteiger charge is 2.25. The Labute approximate surface area is 128 Å². The maximum absolute atomic E-state index is 12.5. The summed E-state index contributed by atoms with van der Waals surface area (Å²) in [7, 11) is 0. The van der Waals surface area contributed by atoms with E-state index in [1.54, 1.807) is 0 Å². The van der Waals surface area contributed by atoms with Crippen molar-refractivity contribution in [1.82, 2.24) is 30.3 Å². The van der Waals surface area contributed by atoms with Crippen LogP contribution in [-0.2, 0) is 25.8 Å². The van der Waals surface area contributed by atoms with E-state index in [4.69, 9.17) is 0 Å². The second-order valence-electron chi connectivity index (χ2n) is 6.19. The Morgan fingerprint density at radius 3 is 3.18 bits per heavy atom. The number of rotatable bonds is 2. The van der Waals surface area contributed by atoms with Crippen molar-refractivity contribution in [2.75, 3.05) is 0 Å². The third-order valence-corrected chi connectivity index (χ3v) is 4.67. The van der Waals surface area contributed by atoms with Crippen LogP contribution in [-0.4, -0.2) is 36.9 Å². The predicted octanol–water partition coefficient (Wildman–Crippen LogP) is 1.01. The molecule has 0 aromatic carbocycles. The molecular weight excluding hydrogens is 280 g/mol. The molecule has 1 aliphatic heterocycles. The monoisotopic (exact) mass is 300 g/mol. The first-order valence-corrected chi connectivity index (χ1v) is 8.05. The molecule has 0 saturated heterocycles. The SMILES string of the molecule is O=C(N[C@@H]1CCc2cn[nH]c2C1)c1nnc2n1CCCCC2. The van der Waals surface area contributed by atoms with Gasteiger partial charge in [0.25, 0.3) is 5.91 Å². The van der Waals surface area contributed by atoms with E-state index in [9.17, 15) is 4.79 Å². The Morgan fingerprint density at radius 1 is 1.27 bits per heavy atom. The number of carbonyl (C=O) groups is 1. The van der Waals surface area contributed by atoms with Gasteiger partial charge in [-0.25, -0.2) is 0 Å². The van der Waals surface area contributed by atoms with Gasteiger partial charge in [-0.05, 0) is 31.2 Å². The van der Waals surface area contributed by atoms with Crippen LogP contribution in [0.25, 0.3) is 0 Å². The molecule has 0 fully saturated rings. The summed E-state index contributed by atoms with van der Waals surface area (Å²) in [6, 6.07) is 0.138. The van der Waals surface area contributed by atoms with E-state index in [0.29, 0.717) is 5.82 Å². The Hall–Kier alpha value is -2.18. The number of nitrogens with zero attached hydrogens (tertiary/aromatic N) is 4. The van der Waals surface area contributed by atoms with Crippen molar-refractivity contribution in [2.24, 2.45) is 0 Å². The number of hydrogen-bond donors (Lipinski definition) is 2. The minimum atomic E-state index is -0.103.